The van der Waals surface area contributed by atoms with Gasteiger partial charge in [-0.15, -0.1) is 11.8 Å². The zero-order valence-corrected chi connectivity index (χ0v) is 12.6. The summed E-state index contributed by atoms with van der Waals surface area (Å²) >= 11 is 7.80. The molecule has 0 spiro atoms. The number of anilines is 1. The molecule has 0 heterocycles. The van der Waals surface area contributed by atoms with Crippen molar-refractivity contribution >= 4 is 35.0 Å². The van der Waals surface area contributed by atoms with Gasteiger partial charge in [-0.3, -0.25) is 4.79 Å². The first-order valence-electron chi connectivity index (χ1n) is 6.06. The summed E-state index contributed by atoms with van der Waals surface area (Å²) in [6.07, 6.45) is 2.04. The third kappa shape index (κ3) is 3.68. The van der Waals surface area contributed by atoms with Crippen LogP contribution < -0.4 is 11.1 Å². The van der Waals surface area contributed by atoms with E-state index in [1.807, 2.05) is 6.26 Å². The van der Waals surface area contributed by atoms with Crippen molar-refractivity contribution in [2.24, 2.45) is 5.73 Å². The Morgan fingerprint density at radius 3 is 2.55 bits per heavy atom. The Morgan fingerprint density at radius 2 is 1.95 bits per heavy atom. The number of thioether (sulfide) groups is 1. The maximum Gasteiger partial charge on any atom is 0.248 e. The van der Waals surface area contributed by atoms with Crippen LogP contribution in [-0.4, -0.2) is 12.2 Å². The molecular weight excluding hydrogens is 292 g/mol. The standard InChI is InChI=1S/C15H15ClN2OS/c1-20-12-5-2-10(3-6-12)9-18-14-8-11(15(17)19)4-7-13(14)16/h2-8,18H,9H2,1H3,(H2,17,19). The number of nitrogens with one attached hydrogen (secondary N) is 1. The van der Waals surface area contributed by atoms with E-state index in [9.17, 15) is 4.79 Å². The van der Waals surface area contributed by atoms with Crippen LogP contribution in [0.3, 0.4) is 0 Å². The van der Waals surface area contributed by atoms with Crippen LogP contribution in [-0.2, 0) is 6.54 Å². The van der Waals surface area contributed by atoms with E-state index in [-0.39, 0.29) is 0 Å². The number of amides is 1. The maximum absolute atomic E-state index is 11.2. The summed E-state index contributed by atoms with van der Waals surface area (Å²) in [4.78, 5) is 12.4. The van der Waals surface area contributed by atoms with E-state index in [1.165, 1.54) is 4.90 Å². The average molecular weight is 307 g/mol. The minimum atomic E-state index is -0.464. The van der Waals surface area contributed by atoms with Crippen molar-refractivity contribution in [2.75, 3.05) is 11.6 Å². The molecule has 3 N–H and O–H groups in total. The van der Waals surface area contributed by atoms with Crippen molar-refractivity contribution in [2.45, 2.75) is 11.4 Å². The van der Waals surface area contributed by atoms with Gasteiger partial charge in [0.05, 0.1) is 10.7 Å². The Hall–Kier alpha value is -1.65. The molecule has 2 aromatic rings. The van der Waals surface area contributed by atoms with Crippen molar-refractivity contribution in [1.82, 2.24) is 0 Å². The molecule has 0 radical (unpaired) electrons. The second kappa shape index (κ2) is 6.68. The Bertz CT molecular complexity index is 614. The largest absolute Gasteiger partial charge is 0.380 e. The van der Waals surface area contributed by atoms with Crippen LogP contribution in [0.4, 0.5) is 5.69 Å². The van der Waals surface area contributed by atoms with Crippen LogP contribution in [0.2, 0.25) is 5.02 Å². The smallest absolute Gasteiger partial charge is 0.248 e. The number of halogens is 1. The minimum Gasteiger partial charge on any atom is -0.380 e. The number of benzene rings is 2. The van der Waals surface area contributed by atoms with E-state index in [4.69, 9.17) is 17.3 Å². The first-order valence-corrected chi connectivity index (χ1v) is 7.66. The van der Waals surface area contributed by atoms with Crippen LogP contribution in [0.1, 0.15) is 15.9 Å². The number of carbonyl (C=O) groups excluding carboxylic acids is 1. The van der Waals surface area contributed by atoms with Gasteiger partial charge in [-0.2, -0.15) is 0 Å². The summed E-state index contributed by atoms with van der Waals surface area (Å²) in [6.45, 7) is 0.636. The lowest BCUT2D eigenvalue weighted by atomic mass is 10.1. The van der Waals surface area contributed by atoms with Gasteiger partial charge in [-0.05, 0) is 42.2 Å². The molecule has 0 saturated heterocycles. The molecule has 0 unspecified atom stereocenters. The molecular formula is C15H15ClN2OS. The van der Waals surface area contributed by atoms with Crippen LogP contribution in [0.5, 0.6) is 0 Å². The van der Waals surface area contributed by atoms with Gasteiger partial charge in [0.15, 0.2) is 0 Å². The van der Waals surface area contributed by atoms with E-state index in [2.05, 4.69) is 29.6 Å². The van der Waals surface area contributed by atoms with Gasteiger partial charge in [0.1, 0.15) is 0 Å². The SMILES string of the molecule is CSc1ccc(CNc2cc(C(N)=O)ccc2Cl)cc1. The third-order valence-electron chi connectivity index (χ3n) is 2.89. The number of nitrogens with two attached hydrogens (primary N) is 1. The second-order valence-corrected chi connectivity index (χ2v) is 5.55. The highest BCUT2D eigenvalue weighted by atomic mass is 35.5. The van der Waals surface area contributed by atoms with E-state index >= 15 is 0 Å². The molecule has 0 aromatic heterocycles. The molecule has 0 fully saturated rings. The Balaban J connectivity index is 2.09. The lowest BCUT2D eigenvalue weighted by molar-refractivity contribution is 0.100. The van der Waals surface area contributed by atoms with Crippen LogP contribution in [0, 0.1) is 0 Å². The van der Waals surface area contributed by atoms with Gasteiger partial charge in [0, 0.05) is 17.0 Å². The van der Waals surface area contributed by atoms with Crippen LogP contribution >= 0.6 is 23.4 Å². The van der Waals surface area contributed by atoms with Gasteiger partial charge in [0.25, 0.3) is 0 Å². The van der Waals surface area contributed by atoms with Gasteiger partial charge in [-0.25, -0.2) is 0 Å². The summed E-state index contributed by atoms with van der Waals surface area (Å²) in [5.41, 5.74) is 7.55. The minimum absolute atomic E-state index is 0.439. The molecule has 2 aromatic carbocycles. The zero-order chi connectivity index (χ0) is 14.5. The molecule has 2 rings (SSSR count). The number of rotatable bonds is 5. The van der Waals surface area contributed by atoms with E-state index in [0.717, 1.165) is 5.56 Å². The lowest BCUT2D eigenvalue weighted by Gasteiger charge is -2.10. The summed E-state index contributed by atoms with van der Waals surface area (Å²) in [5.74, 6) is -0.464. The molecule has 0 aliphatic heterocycles. The highest BCUT2D eigenvalue weighted by Crippen LogP contribution is 2.24. The molecule has 0 saturated carbocycles. The van der Waals surface area contributed by atoms with E-state index < -0.39 is 5.91 Å². The fourth-order valence-corrected chi connectivity index (χ4v) is 2.35. The number of carbonyl (C=O) groups is 1. The highest BCUT2D eigenvalue weighted by molar-refractivity contribution is 7.98. The molecule has 0 bridgehead atoms. The molecule has 3 nitrogen and oxygen atoms in total. The maximum atomic E-state index is 11.2. The topological polar surface area (TPSA) is 55.1 Å². The summed E-state index contributed by atoms with van der Waals surface area (Å²) < 4.78 is 0. The second-order valence-electron chi connectivity index (χ2n) is 4.26. The Kier molecular flexibility index (Phi) is 4.93. The quantitative estimate of drug-likeness (QED) is 0.827. The third-order valence-corrected chi connectivity index (χ3v) is 3.97. The predicted molar refractivity (Wildman–Crippen MR) is 85.5 cm³/mol. The van der Waals surface area contributed by atoms with Gasteiger partial charge < -0.3 is 11.1 Å². The average Bonchev–Trinajstić information content (AvgIpc) is 2.46. The first kappa shape index (κ1) is 14.8. The molecule has 0 aliphatic rings. The van der Waals surface area contributed by atoms with Gasteiger partial charge in [-0.1, -0.05) is 23.7 Å². The van der Waals surface area contributed by atoms with Crippen LogP contribution in [0.25, 0.3) is 0 Å². The van der Waals surface area contributed by atoms with Gasteiger partial charge >= 0.3 is 0 Å². The highest BCUT2D eigenvalue weighted by Gasteiger charge is 2.05. The summed E-state index contributed by atoms with van der Waals surface area (Å²) in [7, 11) is 0. The number of primary amides is 1. The lowest BCUT2D eigenvalue weighted by Crippen LogP contribution is -2.11. The molecule has 104 valence electrons. The fraction of sp³-hybridized carbons (Fsp3) is 0.133. The number of hydrogen-bond acceptors (Lipinski definition) is 3. The normalized spacial score (nSPS) is 10.3. The fourth-order valence-electron chi connectivity index (χ4n) is 1.75. The summed E-state index contributed by atoms with van der Waals surface area (Å²) in [6, 6.07) is 13.2. The first-order chi connectivity index (χ1) is 9.60. The molecule has 20 heavy (non-hydrogen) atoms. The van der Waals surface area contributed by atoms with Crippen molar-refractivity contribution in [1.29, 1.82) is 0 Å². The zero-order valence-electron chi connectivity index (χ0n) is 11.0. The van der Waals surface area contributed by atoms with Crippen molar-refractivity contribution in [3.05, 3.63) is 58.6 Å². The van der Waals surface area contributed by atoms with Crippen molar-refractivity contribution in [3.8, 4) is 0 Å². The predicted octanol–water partition coefficient (Wildman–Crippen LogP) is 3.77. The molecule has 0 aliphatic carbocycles. The molecule has 5 heteroatoms. The molecule has 0 atom stereocenters. The Morgan fingerprint density at radius 1 is 1.25 bits per heavy atom. The van der Waals surface area contributed by atoms with Crippen molar-refractivity contribution in [3.63, 3.8) is 0 Å². The van der Waals surface area contributed by atoms with E-state index in [0.29, 0.717) is 22.8 Å². The Labute approximate surface area is 127 Å². The van der Waals surface area contributed by atoms with Crippen LogP contribution in [0.15, 0.2) is 47.4 Å². The van der Waals surface area contributed by atoms with Gasteiger partial charge in [0.2, 0.25) is 5.91 Å². The monoisotopic (exact) mass is 306 g/mol. The summed E-state index contributed by atoms with van der Waals surface area (Å²) in [5, 5.41) is 3.78. The van der Waals surface area contributed by atoms with Crippen molar-refractivity contribution < 1.29 is 4.79 Å². The van der Waals surface area contributed by atoms with E-state index in [1.54, 1.807) is 30.0 Å². The number of hydrogen-bond donors (Lipinski definition) is 2. The molecule has 1 amide bonds.